The van der Waals surface area contributed by atoms with E-state index in [0.717, 1.165) is 0 Å². The summed E-state index contributed by atoms with van der Waals surface area (Å²) in [6.45, 7) is 18.6. The molecule has 1 nitrogen and oxygen atoms in total. The molecule has 13 heavy (non-hydrogen) atoms. The van der Waals surface area contributed by atoms with Gasteiger partial charge in [-0.15, -0.1) is 0 Å². The van der Waals surface area contributed by atoms with Crippen molar-refractivity contribution in [3.05, 3.63) is 0 Å². The molecular formula is C10H26OSi2. The third-order valence-corrected chi connectivity index (χ3v) is 9.63. The maximum Gasteiger partial charge on any atom is 0.189 e. The maximum atomic E-state index is 6.26. The van der Waals surface area contributed by atoms with Crippen LogP contribution < -0.4 is 0 Å². The molecule has 0 aliphatic rings. The zero-order chi connectivity index (χ0) is 10.9. The van der Waals surface area contributed by atoms with E-state index in [2.05, 4.69) is 53.5 Å². The largest absolute Gasteiger partial charge is 0.418 e. The monoisotopic (exact) mass is 218 g/mol. The Balaban J connectivity index is 4.28. The topological polar surface area (TPSA) is 9.23 Å². The van der Waals surface area contributed by atoms with E-state index in [1.807, 2.05) is 0 Å². The second kappa shape index (κ2) is 4.28. The molecule has 0 rings (SSSR count). The Hall–Kier alpha value is 0.394. The van der Waals surface area contributed by atoms with Crippen LogP contribution in [-0.4, -0.2) is 22.1 Å². The van der Waals surface area contributed by atoms with Gasteiger partial charge in [0.15, 0.2) is 8.32 Å². The Morgan fingerprint density at radius 2 is 1.23 bits per heavy atom. The molecule has 0 aliphatic carbocycles. The van der Waals surface area contributed by atoms with Crippen molar-refractivity contribution < 1.29 is 4.43 Å². The van der Waals surface area contributed by atoms with Crippen LogP contribution >= 0.6 is 0 Å². The summed E-state index contributed by atoms with van der Waals surface area (Å²) in [6, 6.07) is 0. The lowest BCUT2D eigenvalue weighted by molar-refractivity contribution is 0.273. The lowest BCUT2D eigenvalue weighted by atomic mass is 10.6. The molecule has 3 heteroatoms. The lowest BCUT2D eigenvalue weighted by Gasteiger charge is -2.36. The fourth-order valence-corrected chi connectivity index (χ4v) is 4.28. The van der Waals surface area contributed by atoms with Gasteiger partial charge in [-0.25, -0.2) is 0 Å². The molecule has 1 atom stereocenters. The van der Waals surface area contributed by atoms with Crippen molar-refractivity contribution in [2.45, 2.75) is 64.8 Å². The molecule has 1 unspecified atom stereocenters. The summed E-state index contributed by atoms with van der Waals surface area (Å²) in [5, 5.41) is 0. The predicted octanol–water partition coefficient (Wildman–Crippen LogP) is 3.88. The number of hydrogen-bond acceptors (Lipinski definition) is 1. The van der Waals surface area contributed by atoms with Crippen LogP contribution in [0.4, 0.5) is 0 Å². The fraction of sp³-hybridized carbons (Fsp3) is 1.00. The van der Waals surface area contributed by atoms with E-state index in [-0.39, 0.29) is 0 Å². The van der Waals surface area contributed by atoms with Crippen molar-refractivity contribution in [1.29, 1.82) is 0 Å². The van der Waals surface area contributed by atoms with Gasteiger partial charge in [0, 0.05) is 5.73 Å². The van der Waals surface area contributed by atoms with Crippen molar-refractivity contribution in [3.8, 4) is 0 Å². The molecular weight excluding hydrogens is 192 g/mol. The van der Waals surface area contributed by atoms with E-state index in [1.165, 1.54) is 0 Å². The van der Waals surface area contributed by atoms with Gasteiger partial charge in [-0.2, -0.15) is 0 Å². The molecule has 0 saturated carbocycles. The maximum absolute atomic E-state index is 6.26. The second-order valence-electron chi connectivity index (χ2n) is 5.88. The van der Waals surface area contributed by atoms with E-state index in [9.17, 15) is 0 Å². The smallest absolute Gasteiger partial charge is 0.189 e. The SMILES string of the molecule is CC(O[Si](C)(C)C(C)C)[Si](C)(C)C. The first kappa shape index (κ1) is 13.4. The summed E-state index contributed by atoms with van der Waals surface area (Å²) in [4.78, 5) is 0. The molecule has 0 bridgehead atoms. The van der Waals surface area contributed by atoms with E-state index >= 15 is 0 Å². The van der Waals surface area contributed by atoms with Crippen molar-refractivity contribution >= 4 is 16.4 Å². The Labute approximate surface area is 86.0 Å². The number of rotatable bonds is 4. The van der Waals surface area contributed by atoms with Crippen molar-refractivity contribution in [1.82, 2.24) is 0 Å². The highest BCUT2D eigenvalue weighted by molar-refractivity contribution is 6.79. The molecule has 0 aromatic carbocycles. The third-order valence-electron chi connectivity index (χ3n) is 3.09. The first-order valence-corrected chi connectivity index (χ1v) is 11.8. The van der Waals surface area contributed by atoms with Crippen LogP contribution in [-0.2, 0) is 4.43 Å². The van der Waals surface area contributed by atoms with Crippen molar-refractivity contribution in [2.24, 2.45) is 0 Å². The van der Waals surface area contributed by atoms with Gasteiger partial charge in [-0.3, -0.25) is 0 Å². The van der Waals surface area contributed by atoms with Crippen LogP contribution in [0.2, 0.25) is 38.3 Å². The van der Waals surface area contributed by atoms with E-state index in [0.29, 0.717) is 11.3 Å². The second-order valence-corrected chi connectivity index (χ2v) is 16.0. The summed E-state index contributed by atoms with van der Waals surface area (Å²) in [5.41, 5.74) is 1.21. The van der Waals surface area contributed by atoms with Crippen LogP contribution in [0, 0.1) is 0 Å². The average Bonchev–Trinajstić information content (AvgIpc) is 1.83. The average molecular weight is 218 g/mol. The van der Waals surface area contributed by atoms with Crippen LogP contribution in [0.1, 0.15) is 20.8 Å². The highest BCUT2D eigenvalue weighted by Gasteiger charge is 2.33. The number of hydrogen-bond donors (Lipinski definition) is 0. The molecule has 0 spiro atoms. The third kappa shape index (κ3) is 4.43. The normalized spacial score (nSPS) is 16.4. The van der Waals surface area contributed by atoms with Gasteiger partial charge in [-0.05, 0) is 25.6 Å². The molecule has 0 saturated heterocycles. The van der Waals surface area contributed by atoms with Gasteiger partial charge < -0.3 is 4.43 Å². The Morgan fingerprint density at radius 1 is 0.846 bits per heavy atom. The van der Waals surface area contributed by atoms with Gasteiger partial charge in [0.2, 0.25) is 0 Å². The summed E-state index contributed by atoms with van der Waals surface area (Å²) >= 11 is 0. The highest BCUT2D eigenvalue weighted by Crippen LogP contribution is 2.25. The molecule has 0 aliphatic heterocycles. The quantitative estimate of drug-likeness (QED) is 0.651. The van der Waals surface area contributed by atoms with Gasteiger partial charge in [0.1, 0.15) is 0 Å². The summed E-state index contributed by atoms with van der Waals surface area (Å²) < 4.78 is 6.26. The lowest BCUT2D eigenvalue weighted by Crippen LogP contribution is -2.47. The summed E-state index contributed by atoms with van der Waals surface area (Å²) in [7, 11) is -2.52. The van der Waals surface area contributed by atoms with E-state index in [1.54, 1.807) is 0 Å². The van der Waals surface area contributed by atoms with Gasteiger partial charge in [0.05, 0.1) is 8.07 Å². The van der Waals surface area contributed by atoms with Crippen LogP contribution in [0.15, 0.2) is 0 Å². The van der Waals surface area contributed by atoms with Crippen molar-refractivity contribution in [2.75, 3.05) is 0 Å². The van der Waals surface area contributed by atoms with Gasteiger partial charge in [-0.1, -0.05) is 33.5 Å². The molecule has 0 amide bonds. The minimum atomic E-state index is -1.42. The molecule has 0 heterocycles. The minimum Gasteiger partial charge on any atom is -0.418 e. The predicted molar refractivity (Wildman–Crippen MR) is 66.5 cm³/mol. The molecule has 0 radical (unpaired) electrons. The molecule has 0 aromatic rings. The molecule has 0 fully saturated rings. The van der Waals surface area contributed by atoms with E-state index in [4.69, 9.17) is 4.43 Å². The first-order chi connectivity index (χ1) is 5.57. The zero-order valence-corrected chi connectivity index (χ0v) is 12.6. The Kier molecular flexibility index (Phi) is 4.41. The van der Waals surface area contributed by atoms with Crippen molar-refractivity contribution in [3.63, 3.8) is 0 Å². The van der Waals surface area contributed by atoms with Crippen LogP contribution in [0.3, 0.4) is 0 Å². The van der Waals surface area contributed by atoms with Crippen LogP contribution in [0.25, 0.3) is 0 Å². The standard InChI is InChI=1S/C10H26OSi2/c1-9(2)13(7,8)11-10(3)12(4,5)6/h9-10H,1-8H3. The van der Waals surface area contributed by atoms with Gasteiger partial charge in [0.25, 0.3) is 0 Å². The zero-order valence-electron chi connectivity index (χ0n) is 10.6. The Morgan fingerprint density at radius 3 is 1.46 bits per heavy atom. The molecule has 80 valence electrons. The van der Waals surface area contributed by atoms with E-state index < -0.39 is 16.4 Å². The molecule has 0 N–H and O–H groups in total. The Bertz CT molecular complexity index is 159. The summed E-state index contributed by atoms with van der Waals surface area (Å²) in [5.74, 6) is 0. The first-order valence-electron chi connectivity index (χ1n) is 5.25. The minimum absolute atomic E-state index is 0.497. The van der Waals surface area contributed by atoms with Gasteiger partial charge >= 0.3 is 0 Å². The summed E-state index contributed by atoms with van der Waals surface area (Å²) in [6.07, 6.45) is 0. The van der Waals surface area contributed by atoms with Crippen LogP contribution in [0.5, 0.6) is 0 Å². The molecule has 0 aromatic heterocycles. The highest BCUT2D eigenvalue weighted by atomic mass is 28.4. The fourth-order valence-electron chi connectivity index (χ4n) is 0.768.